The first-order chi connectivity index (χ1) is 9.54. The second kappa shape index (κ2) is 5.89. The minimum Gasteiger partial charge on any atom is -0.340 e. The summed E-state index contributed by atoms with van der Waals surface area (Å²) in [6.45, 7) is 5.06. The zero-order valence-corrected chi connectivity index (χ0v) is 12.5. The summed E-state index contributed by atoms with van der Waals surface area (Å²) in [5.41, 5.74) is 4.31. The van der Waals surface area contributed by atoms with Crippen LogP contribution in [0.3, 0.4) is 0 Å². The highest BCUT2D eigenvalue weighted by Gasteiger charge is 2.15. The molecule has 2 heterocycles. The topological polar surface area (TPSA) is 44.9 Å². The third kappa shape index (κ3) is 2.73. The molecule has 0 aromatic carbocycles. The minimum atomic E-state index is 0.308. The highest BCUT2D eigenvalue weighted by Crippen LogP contribution is 2.22. The van der Waals surface area contributed by atoms with E-state index in [-0.39, 0.29) is 0 Å². The molecule has 0 fully saturated rings. The van der Waals surface area contributed by atoms with E-state index in [2.05, 4.69) is 36.8 Å². The number of nitriles is 1. The second-order valence-electron chi connectivity index (χ2n) is 5.18. The van der Waals surface area contributed by atoms with E-state index in [0.717, 1.165) is 12.2 Å². The lowest BCUT2D eigenvalue weighted by Crippen LogP contribution is -2.22. The van der Waals surface area contributed by atoms with Gasteiger partial charge in [0.25, 0.3) is 0 Å². The molecule has 104 valence electrons. The van der Waals surface area contributed by atoms with Crippen LogP contribution in [-0.4, -0.2) is 21.5 Å². The van der Waals surface area contributed by atoms with Crippen molar-refractivity contribution in [1.82, 2.24) is 14.5 Å². The Balaban J connectivity index is 2.16. The molecule has 0 bridgehead atoms. The SMILES string of the molecule is Cc1c(CN(C)[C@H](C)c2ccncc2)cc(C#N)n1C. The van der Waals surface area contributed by atoms with E-state index >= 15 is 0 Å². The van der Waals surface area contributed by atoms with Gasteiger partial charge in [-0.3, -0.25) is 9.88 Å². The molecule has 2 aromatic rings. The third-order valence-electron chi connectivity index (χ3n) is 4.02. The molecule has 0 unspecified atom stereocenters. The Morgan fingerprint density at radius 1 is 1.40 bits per heavy atom. The molecule has 0 amide bonds. The van der Waals surface area contributed by atoms with Crippen molar-refractivity contribution in [3.8, 4) is 6.07 Å². The van der Waals surface area contributed by atoms with Crippen LogP contribution in [0.25, 0.3) is 0 Å². The normalized spacial score (nSPS) is 12.4. The number of hydrogen-bond donors (Lipinski definition) is 0. The van der Waals surface area contributed by atoms with E-state index in [0.29, 0.717) is 11.7 Å². The van der Waals surface area contributed by atoms with Gasteiger partial charge in [0, 0.05) is 37.7 Å². The quantitative estimate of drug-likeness (QED) is 0.856. The smallest absolute Gasteiger partial charge is 0.120 e. The van der Waals surface area contributed by atoms with Crippen LogP contribution in [0, 0.1) is 18.3 Å². The van der Waals surface area contributed by atoms with Crippen molar-refractivity contribution in [1.29, 1.82) is 5.26 Å². The number of nitrogens with zero attached hydrogens (tertiary/aromatic N) is 4. The molecule has 0 radical (unpaired) electrons. The molecule has 0 saturated heterocycles. The number of rotatable bonds is 4. The molecule has 0 saturated carbocycles. The van der Waals surface area contributed by atoms with E-state index in [1.165, 1.54) is 11.1 Å². The van der Waals surface area contributed by atoms with Gasteiger partial charge in [-0.25, -0.2) is 0 Å². The fourth-order valence-corrected chi connectivity index (χ4v) is 2.33. The summed E-state index contributed by atoms with van der Waals surface area (Å²) >= 11 is 0. The molecule has 0 aliphatic heterocycles. The van der Waals surface area contributed by atoms with Crippen molar-refractivity contribution >= 4 is 0 Å². The average Bonchev–Trinajstić information content (AvgIpc) is 2.75. The van der Waals surface area contributed by atoms with Gasteiger partial charge in [-0.15, -0.1) is 0 Å². The molecule has 0 N–H and O–H groups in total. The molecule has 4 heteroatoms. The molecule has 20 heavy (non-hydrogen) atoms. The summed E-state index contributed by atoms with van der Waals surface area (Å²) in [5, 5.41) is 9.09. The number of hydrogen-bond acceptors (Lipinski definition) is 3. The van der Waals surface area contributed by atoms with Crippen LogP contribution in [0.15, 0.2) is 30.6 Å². The lowest BCUT2D eigenvalue weighted by atomic mass is 10.1. The van der Waals surface area contributed by atoms with Crippen molar-refractivity contribution < 1.29 is 0 Å². The summed E-state index contributed by atoms with van der Waals surface area (Å²) in [5.74, 6) is 0. The van der Waals surface area contributed by atoms with E-state index in [9.17, 15) is 0 Å². The third-order valence-corrected chi connectivity index (χ3v) is 4.02. The van der Waals surface area contributed by atoms with Gasteiger partial charge in [-0.1, -0.05) is 0 Å². The van der Waals surface area contributed by atoms with Crippen LogP contribution < -0.4 is 0 Å². The molecule has 4 nitrogen and oxygen atoms in total. The lowest BCUT2D eigenvalue weighted by molar-refractivity contribution is 0.252. The van der Waals surface area contributed by atoms with Gasteiger partial charge in [0.1, 0.15) is 11.8 Å². The second-order valence-corrected chi connectivity index (χ2v) is 5.18. The molecular weight excluding hydrogens is 248 g/mol. The minimum absolute atomic E-state index is 0.308. The van der Waals surface area contributed by atoms with Gasteiger partial charge < -0.3 is 4.57 Å². The van der Waals surface area contributed by atoms with Crippen LogP contribution in [-0.2, 0) is 13.6 Å². The molecule has 0 aliphatic rings. The summed E-state index contributed by atoms with van der Waals surface area (Å²) in [6, 6.07) is 8.60. The van der Waals surface area contributed by atoms with Gasteiger partial charge in [-0.2, -0.15) is 5.26 Å². The Morgan fingerprint density at radius 3 is 2.60 bits per heavy atom. The van der Waals surface area contributed by atoms with Crippen LogP contribution in [0.1, 0.15) is 35.5 Å². The molecule has 0 spiro atoms. The average molecular weight is 268 g/mol. The summed E-state index contributed by atoms with van der Waals surface area (Å²) in [4.78, 5) is 6.33. The van der Waals surface area contributed by atoms with Gasteiger partial charge in [0.2, 0.25) is 0 Å². The number of pyridine rings is 1. The fourth-order valence-electron chi connectivity index (χ4n) is 2.33. The molecule has 1 atom stereocenters. The Morgan fingerprint density at radius 2 is 2.05 bits per heavy atom. The van der Waals surface area contributed by atoms with Crippen LogP contribution >= 0.6 is 0 Å². The monoisotopic (exact) mass is 268 g/mol. The van der Waals surface area contributed by atoms with Crippen LogP contribution in [0.4, 0.5) is 0 Å². The Labute approximate surface area is 120 Å². The largest absolute Gasteiger partial charge is 0.340 e. The Bertz CT molecular complexity index is 622. The van der Waals surface area contributed by atoms with Gasteiger partial charge >= 0.3 is 0 Å². The summed E-state index contributed by atoms with van der Waals surface area (Å²) < 4.78 is 1.94. The number of aromatic nitrogens is 2. The van der Waals surface area contributed by atoms with Crippen molar-refractivity contribution in [2.24, 2.45) is 7.05 Å². The molecule has 2 aromatic heterocycles. The van der Waals surface area contributed by atoms with Crippen molar-refractivity contribution in [2.75, 3.05) is 7.05 Å². The zero-order chi connectivity index (χ0) is 14.7. The van der Waals surface area contributed by atoms with Crippen LogP contribution in [0.5, 0.6) is 0 Å². The predicted molar refractivity (Wildman–Crippen MR) is 79.0 cm³/mol. The molecule has 0 aliphatic carbocycles. The standard InChI is InChI=1S/C16H20N4/c1-12(14-5-7-18-8-6-14)19(3)11-15-9-16(10-17)20(4)13(15)2/h5-9,12H,11H2,1-4H3/t12-/m1/s1. The lowest BCUT2D eigenvalue weighted by Gasteiger charge is -2.25. The van der Waals surface area contributed by atoms with E-state index in [1.54, 1.807) is 0 Å². The van der Waals surface area contributed by atoms with E-state index < -0.39 is 0 Å². The Hall–Kier alpha value is -2.12. The summed E-state index contributed by atoms with van der Waals surface area (Å²) in [7, 11) is 4.03. The van der Waals surface area contributed by atoms with Crippen molar-refractivity contribution in [2.45, 2.75) is 26.4 Å². The molecule has 2 rings (SSSR count). The molecular formula is C16H20N4. The first-order valence-corrected chi connectivity index (χ1v) is 6.70. The van der Waals surface area contributed by atoms with Gasteiger partial charge in [-0.05, 0) is 50.2 Å². The maximum Gasteiger partial charge on any atom is 0.120 e. The van der Waals surface area contributed by atoms with Crippen molar-refractivity contribution in [3.63, 3.8) is 0 Å². The van der Waals surface area contributed by atoms with Gasteiger partial charge in [0.15, 0.2) is 0 Å². The van der Waals surface area contributed by atoms with E-state index in [4.69, 9.17) is 5.26 Å². The zero-order valence-electron chi connectivity index (χ0n) is 12.5. The first-order valence-electron chi connectivity index (χ1n) is 6.70. The van der Waals surface area contributed by atoms with Crippen molar-refractivity contribution in [3.05, 3.63) is 53.1 Å². The summed E-state index contributed by atoms with van der Waals surface area (Å²) in [6.07, 6.45) is 3.64. The van der Waals surface area contributed by atoms with Crippen LogP contribution in [0.2, 0.25) is 0 Å². The maximum atomic E-state index is 9.09. The fraction of sp³-hybridized carbons (Fsp3) is 0.375. The highest BCUT2D eigenvalue weighted by atomic mass is 15.1. The first kappa shape index (κ1) is 14.3. The highest BCUT2D eigenvalue weighted by molar-refractivity contribution is 5.34. The predicted octanol–water partition coefficient (Wildman–Crippen LogP) is 2.79. The van der Waals surface area contributed by atoms with E-state index in [1.807, 2.05) is 42.2 Å². The maximum absolute atomic E-state index is 9.09. The Kier molecular flexibility index (Phi) is 4.21. The van der Waals surface area contributed by atoms with Gasteiger partial charge in [0.05, 0.1) is 0 Å².